The Morgan fingerprint density at radius 3 is 3.04 bits per heavy atom. The van der Waals surface area contributed by atoms with Crippen molar-refractivity contribution in [2.75, 3.05) is 18.0 Å². The first-order valence-electron chi connectivity index (χ1n) is 9.30. The second kappa shape index (κ2) is 7.41. The molecule has 0 aromatic carbocycles. The molecule has 1 aliphatic heterocycles. The number of carbonyl (C=O) groups is 1. The van der Waals surface area contributed by atoms with E-state index in [-0.39, 0.29) is 6.10 Å². The SMILES string of the molecule is NC(=O)c1cc2c(nc1N1CCC[C@H](OCc3ccccn3)C1)CCC2. The van der Waals surface area contributed by atoms with E-state index in [1.807, 2.05) is 24.3 Å². The lowest BCUT2D eigenvalue weighted by atomic mass is 10.1. The largest absolute Gasteiger partial charge is 0.370 e. The van der Waals surface area contributed by atoms with Crippen LogP contribution in [0, 0.1) is 0 Å². The van der Waals surface area contributed by atoms with E-state index in [4.69, 9.17) is 15.5 Å². The van der Waals surface area contributed by atoms with Crippen LogP contribution in [0.1, 0.15) is 46.6 Å². The highest BCUT2D eigenvalue weighted by Crippen LogP contribution is 2.29. The summed E-state index contributed by atoms with van der Waals surface area (Å²) >= 11 is 0. The van der Waals surface area contributed by atoms with Crippen molar-refractivity contribution in [2.24, 2.45) is 5.73 Å². The highest BCUT2D eigenvalue weighted by Gasteiger charge is 2.27. The second-order valence-electron chi connectivity index (χ2n) is 7.03. The summed E-state index contributed by atoms with van der Waals surface area (Å²) in [6.07, 6.45) is 6.94. The number of hydrogen-bond donors (Lipinski definition) is 1. The summed E-state index contributed by atoms with van der Waals surface area (Å²) in [5, 5.41) is 0. The van der Waals surface area contributed by atoms with Gasteiger partial charge in [0.05, 0.1) is 24.0 Å². The highest BCUT2D eigenvalue weighted by atomic mass is 16.5. The molecular weight excluding hydrogens is 328 g/mol. The number of primary amides is 1. The van der Waals surface area contributed by atoms with E-state index in [0.717, 1.165) is 62.4 Å². The summed E-state index contributed by atoms with van der Waals surface area (Å²) < 4.78 is 6.07. The molecular formula is C20H24N4O2. The highest BCUT2D eigenvalue weighted by molar-refractivity contribution is 5.98. The molecule has 6 heteroatoms. The fraction of sp³-hybridized carbons (Fsp3) is 0.450. The molecule has 0 spiro atoms. The number of amides is 1. The quantitative estimate of drug-likeness (QED) is 0.892. The Bertz CT molecular complexity index is 794. The van der Waals surface area contributed by atoms with Crippen LogP contribution in [0.15, 0.2) is 30.5 Å². The summed E-state index contributed by atoms with van der Waals surface area (Å²) in [5.74, 6) is 0.322. The molecule has 0 radical (unpaired) electrons. The lowest BCUT2D eigenvalue weighted by Gasteiger charge is -2.34. The van der Waals surface area contributed by atoms with Crippen molar-refractivity contribution < 1.29 is 9.53 Å². The van der Waals surface area contributed by atoms with Crippen molar-refractivity contribution in [2.45, 2.75) is 44.8 Å². The van der Waals surface area contributed by atoms with Crippen LogP contribution in [-0.4, -0.2) is 35.1 Å². The molecule has 1 atom stereocenters. The molecule has 26 heavy (non-hydrogen) atoms. The number of aromatic nitrogens is 2. The summed E-state index contributed by atoms with van der Waals surface area (Å²) in [6, 6.07) is 7.78. The van der Waals surface area contributed by atoms with Crippen LogP contribution in [0.2, 0.25) is 0 Å². The minimum Gasteiger partial charge on any atom is -0.370 e. The zero-order chi connectivity index (χ0) is 17.9. The van der Waals surface area contributed by atoms with Gasteiger partial charge in [-0.2, -0.15) is 0 Å². The molecule has 1 amide bonds. The Morgan fingerprint density at radius 1 is 1.31 bits per heavy atom. The van der Waals surface area contributed by atoms with Gasteiger partial charge in [0.2, 0.25) is 0 Å². The van der Waals surface area contributed by atoms with Crippen molar-refractivity contribution in [3.8, 4) is 0 Å². The van der Waals surface area contributed by atoms with Crippen molar-refractivity contribution >= 4 is 11.7 Å². The molecule has 2 aliphatic rings. The maximum Gasteiger partial charge on any atom is 0.252 e. The van der Waals surface area contributed by atoms with E-state index in [9.17, 15) is 4.79 Å². The maximum absolute atomic E-state index is 12.0. The molecule has 1 saturated heterocycles. The van der Waals surface area contributed by atoms with Gasteiger partial charge in [-0.25, -0.2) is 4.98 Å². The number of nitrogens with zero attached hydrogens (tertiary/aromatic N) is 3. The Kier molecular flexibility index (Phi) is 4.84. The first-order chi connectivity index (χ1) is 12.7. The second-order valence-corrected chi connectivity index (χ2v) is 7.03. The molecule has 6 nitrogen and oxygen atoms in total. The first-order valence-corrected chi connectivity index (χ1v) is 9.30. The van der Waals surface area contributed by atoms with Crippen molar-refractivity contribution in [1.29, 1.82) is 0 Å². The standard InChI is InChI=1S/C20H24N4O2/c21-19(25)17-11-14-5-3-8-18(14)23-20(17)24-10-4-7-16(12-24)26-13-15-6-1-2-9-22-15/h1-2,6,9,11,16H,3-5,7-8,10,12-13H2,(H2,21,25)/t16-/m0/s1. The first kappa shape index (κ1) is 17.0. The van der Waals surface area contributed by atoms with Gasteiger partial charge in [-0.15, -0.1) is 0 Å². The van der Waals surface area contributed by atoms with Gasteiger partial charge < -0.3 is 15.4 Å². The molecule has 3 heterocycles. The third-order valence-electron chi connectivity index (χ3n) is 5.17. The molecule has 4 rings (SSSR count). The number of pyridine rings is 2. The molecule has 1 aliphatic carbocycles. The average Bonchev–Trinajstić information content (AvgIpc) is 3.14. The molecule has 0 unspecified atom stereocenters. The third kappa shape index (κ3) is 3.55. The fourth-order valence-electron chi connectivity index (χ4n) is 3.84. The fourth-order valence-corrected chi connectivity index (χ4v) is 3.84. The van der Waals surface area contributed by atoms with Gasteiger partial charge in [0.25, 0.3) is 5.91 Å². The molecule has 2 N–H and O–H groups in total. The molecule has 2 aromatic rings. The van der Waals surface area contributed by atoms with Crippen molar-refractivity contribution in [3.05, 3.63) is 53.0 Å². The van der Waals surface area contributed by atoms with Gasteiger partial charge in [-0.1, -0.05) is 6.07 Å². The van der Waals surface area contributed by atoms with Gasteiger partial charge in [0, 0.05) is 25.0 Å². The maximum atomic E-state index is 12.0. The Labute approximate surface area is 153 Å². The van der Waals surface area contributed by atoms with Crippen LogP contribution in [0.3, 0.4) is 0 Å². The number of carbonyl (C=O) groups excluding carboxylic acids is 1. The number of piperidine rings is 1. The Balaban J connectivity index is 1.50. The van der Waals surface area contributed by atoms with Crippen molar-refractivity contribution in [3.63, 3.8) is 0 Å². The molecule has 2 aromatic heterocycles. The lowest BCUT2D eigenvalue weighted by molar-refractivity contribution is 0.0296. The van der Waals surface area contributed by atoms with Gasteiger partial charge in [-0.05, 0) is 55.9 Å². The van der Waals surface area contributed by atoms with E-state index in [2.05, 4.69) is 9.88 Å². The van der Waals surface area contributed by atoms with Gasteiger partial charge in [0.15, 0.2) is 0 Å². The number of fused-ring (bicyclic) bond motifs is 1. The minimum absolute atomic E-state index is 0.0986. The number of hydrogen-bond acceptors (Lipinski definition) is 5. The predicted molar refractivity (Wildman–Crippen MR) is 99.0 cm³/mol. The van der Waals surface area contributed by atoms with E-state index in [0.29, 0.717) is 12.2 Å². The topological polar surface area (TPSA) is 81.3 Å². The Hall–Kier alpha value is -2.47. The van der Waals surface area contributed by atoms with Crippen LogP contribution < -0.4 is 10.6 Å². The normalized spacial score (nSPS) is 19.4. The summed E-state index contributed by atoms with van der Waals surface area (Å²) in [6.45, 7) is 2.09. The van der Waals surface area contributed by atoms with Gasteiger partial charge in [0.1, 0.15) is 5.82 Å². The van der Waals surface area contributed by atoms with Crippen molar-refractivity contribution in [1.82, 2.24) is 9.97 Å². The van der Waals surface area contributed by atoms with Crippen LogP contribution in [0.5, 0.6) is 0 Å². The van der Waals surface area contributed by atoms with Crippen LogP contribution in [0.25, 0.3) is 0 Å². The summed E-state index contributed by atoms with van der Waals surface area (Å²) in [5.41, 5.74) is 9.39. The molecule has 1 fully saturated rings. The zero-order valence-electron chi connectivity index (χ0n) is 14.9. The van der Waals surface area contributed by atoms with Crippen LogP contribution >= 0.6 is 0 Å². The van der Waals surface area contributed by atoms with E-state index < -0.39 is 5.91 Å². The van der Waals surface area contributed by atoms with E-state index in [1.54, 1.807) is 6.20 Å². The third-order valence-corrected chi connectivity index (χ3v) is 5.17. The Morgan fingerprint density at radius 2 is 2.23 bits per heavy atom. The number of aryl methyl sites for hydroxylation is 2. The van der Waals surface area contributed by atoms with Crippen LogP contribution in [-0.2, 0) is 24.2 Å². The monoisotopic (exact) mass is 352 g/mol. The number of nitrogens with two attached hydrogens (primary N) is 1. The lowest BCUT2D eigenvalue weighted by Crippen LogP contribution is -2.41. The summed E-state index contributed by atoms with van der Waals surface area (Å²) in [4.78, 5) is 23.2. The smallest absolute Gasteiger partial charge is 0.252 e. The predicted octanol–water partition coefficient (Wildman–Crippen LogP) is 2.25. The molecule has 0 bridgehead atoms. The zero-order valence-corrected chi connectivity index (χ0v) is 14.9. The van der Waals surface area contributed by atoms with Crippen LogP contribution in [0.4, 0.5) is 5.82 Å². The van der Waals surface area contributed by atoms with E-state index >= 15 is 0 Å². The number of rotatable bonds is 5. The van der Waals surface area contributed by atoms with E-state index in [1.165, 1.54) is 5.56 Å². The van der Waals surface area contributed by atoms with Gasteiger partial charge in [-0.3, -0.25) is 9.78 Å². The summed E-state index contributed by atoms with van der Waals surface area (Å²) in [7, 11) is 0. The molecule has 0 saturated carbocycles. The molecule has 136 valence electrons. The average molecular weight is 352 g/mol. The minimum atomic E-state index is -0.404. The van der Waals surface area contributed by atoms with Gasteiger partial charge >= 0.3 is 0 Å². The number of anilines is 1. The number of ether oxygens (including phenoxy) is 1.